The molecule has 27 heavy (non-hydrogen) atoms. The molecular formula is C18H19N5O3S. The first-order valence-corrected chi connectivity index (χ1v) is 9.61. The van der Waals surface area contributed by atoms with E-state index >= 15 is 0 Å². The van der Waals surface area contributed by atoms with Crippen molar-refractivity contribution < 1.29 is 9.53 Å². The molecule has 0 bridgehead atoms. The Morgan fingerprint density at radius 2 is 2.07 bits per heavy atom. The van der Waals surface area contributed by atoms with E-state index in [2.05, 4.69) is 15.0 Å². The van der Waals surface area contributed by atoms with Crippen LogP contribution in [0.5, 0.6) is 0 Å². The van der Waals surface area contributed by atoms with Crippen molar-refractivity contribution in [2.75, 3.05) is 30.3 Å². The van der Waals surface area contributed by atoms with Crippen LogP contribution >= 0.6 is 11.3 Å². The molecule has 1 fully saturated rings. The molecule has 0 aromatic carbocycles. The molecule has 4 rings (SSSR count). The highest BCUT2D eigenvalue weighted by atomic mass is 32.1. The van der Waals surface area contributed by atoms with Crippen LogP contribution in [0.3, 0.4) is 0 Å². The quantitative estimate of drug-likeness (QED) is 0.855. The maximum Gasteiger partial charge on any atom is 0.283 e. The van der Waals surface area contributed by atoms with Gasteiger partial charge in [0.05, 0.1) is 12.2 Å². The number of hydrogen-bond acceptors (Lipinski definition) is 8. The molecule has 9 heteroatoms. The molecule has 0 radical (unpaired) electrons. The first-order chi connectivity index (χ1) is 13.1. The number of nitrogens with two attached hydrogens (primary N) is 1. The van der Waals surface area contributed by atoms with E-state index < -0.39 is 5.56 Å². The molecule has 1 aliphatic heterocycles. The fraction of sp³-hybridized carbons (Fsp3) is 0.333. The summed E-state index contributed by atoms with van der Waals surface area (Å²) >= 11 is 1.36. The fourth-order valence-corrected chi connectivity index (χ4v) is 4.04. The van der Waals surface area contributed by atoms with Crippen LogP contribution in [0.1, 0.15) is 25.3 Å². The number of anilines is 2. The molecule has 2 aromatic rings. The monoisotopic (exact) mass is 385 g/mol. The van der Waals surface area contributed by atoms with E-state index in [1.807, 2.05) is 0 Å². The lowest BCUT2D eigenvalue weighted by Gasteiger charge is -2.11. The molecule has 1 saturated heterocycles. The molecule has 0 spiro atoms. The Balaban J connectivity index is 1.76. The lowest BCUT2D eigenvalue weighted by Crippen LogP contribution is -2.18. The molecule has 0 unspecified atom stereocenters. The van der Waals surface area contributed by atoms with Crippen LogP contribution in [0.4, 0.5) is 10.9 Å². The van der Waals surface area contributed by atoms with Gasteiger partial charge in [0.2, 0.25) is 15.9 Å². The van der Waals surface area contributed by atoms with Crippen molar-refractivity contribution in [2.24, 2.45) is 0 Å². The van der Waals surface area contributed by atoms with E-state index in [1.165, 1.54) is 21.9 Å². The second-order valence-electron chi connectivity index (χ2n) is 6.27. The van der Waals surface area contributed by atoms with Crippen LogP contribution in [-0.2, 0) is 9.53 Å². The van der Waals surface area contributed by atoms with E-state index in [0.717, 1.165) is 31.1 Å². The molecule has 1 aliphatic carbocycles. The van der Waals surface area contributed by atoms with Gasteiger partial charge < -0.3 is 15.4 Å². The van der Waals surface area contributed by atoms with Crippen molar-refractivity contribution in [3.8, 4) is 0 Å². The Hall–Kier alpha value is -2.94. The number of hydrogen-bond donors (Lipinski definition) is 1. The van der Waals surface area contributed by atoms with Gasteiger partial charge in [0.1, 0.15) is 5.82 Å². The summed E-state index contributed by atoms with van der Waals surface area (Å²) in [4.78, 5) is 31.1. The van der Waals surface area contributed by atoms with Gasteiger partial charge in [0.15, 0.2) is 5.76 Å². The van der Waals surface area contributed by atoms with Gasteiger partial charge in [0.25, 0.3) is 5.56 Å². The van der Waals surface area contributed by atoms with Crippen LogP contribution in [0.25, 0.3) is 11.0 Å². The van der Waals surface area contributed by atoms with Crippen molar-refractivity contribution in [1.82, 2.24) is 14.6 Å². The Labute approximate surface area is 159 Å². The van der Waals surface area contributed by atoms with Crippen molar-refractivity contribution in [1.29, 1.82) is 0 Å². The minimum Gasteiger partial charge on any atom is -0.490 e. The number of aromatic nitrogens is 3. The van der Waals surface area contributed by atoms with Crippen LogP contribution < -0.4 is 16.2 Å². The maximum absolute atomic E-state index is 12.5. The summed E-state index contributed by atoms with van der Waals surface area (Å²) in [5.41, 5.74) is 6.69. The Morgan fingerprint density at radius 1 is 1.30 bits per heavy atom. The molecular weight excluding hydrogens is 366 g/mol. The number of allylic oxidation sites excluding steroid dienone is 4. The molecule has 8 nitrogen and oxygen atoms in total. The highest BCUT2D eigenvalue weighted by Crippen LogP contribution is 2.27. The third kappa shape index (κ3) is 3.25. The Morgan fingerprint density at radius 3 is 2.81 bits per heavy atom. The van der Waals surface area contributed by atoms with Gasteiger partial charge >= 0.3 is 0 Å². The van der Waals surface area contributed by atoms with Gasteiger partial charge in [0, 0.05) is 13.1 Å². The second-order valence-corrected chi connectivity index (χ2v) is 7.21. The SMILES string of the molecule is CCOC1=C/C(=C/c2c(N)n3nc(N4CCCC4)sc3nc2=O)C=CC1=O. The van der Waals surface area contributed by atoms with Gasteiger partial charge in [-0.3, -0.25) is 9.59 Å². The maximum atomic E-state index is 12.5. The Kier molecular flexibility index (Phi) is 4.53. The van der Waals surface area contributed by atoms with Crippen LogP contribution in [0.15, 0.2) is 34.4 Å². The van der Waals surface area contributed by atoms with Crippen molar-refractivity contribution in [2.45, 2.75) is 19.8 Å². The van der Waals surface area contributed by atoms with E-state index in [0.29, 0.717) is 17.1 Å². The van der Waals surface area contributed by atoms with Crippen molar-refractivity contribution in [3.63, 3.8) is 0 Å². The summed E-state index contributed by atoms with van der Waals surface area (Å²) in [5, 5.41) is 5.36. The number of carbonyl (C=O) groups is 1. The summed E-state index contributed by atoms with van der Waals surface area (Å²) < 4.78 is 6.84. The largest absolute Gasteiger partial charge is 0.490 e. The third-order valence-corrected chi connectivity index (χ3v) is 5.41. The molecule has 2 aromatic heterocycles. The lowest BCUT2D eigenvalue weighted by atomic mass is 10.0. The summed E-state index contributed by atoms with van der Waals surface area (Å²) in [6, 6.07) is 0. The number of ether oxygens (including phenoxy) is 1. The molecule has 3 heterocycles. The van der Waals surface area contributed by atoms with Crippen LogP contribution in [0.2, 0.25) is 0 Å². The number of nitrogens with zero attached hydrogens (tertiary/aromatic N) is 4. The highest BCUT2D eigenvalue weighted by molar-refractivity contribution is 7.20. The van der Waals surface area contributed by atoms with E-state index in [9.17, 15) is 9.59 Å². The average molecular weight is 385 g/mol. The predicted molar refractivity (Wildman–Crippen MR) is 105 cm³/mol. The minimum atomic E-state index is -0.423. The zero-order chi connectivity index (χ0) is 19.0. The van der Waals surface area contributed by atoms with E-state index in [-0.39, 0.29) is 22.9 Å². The molecule has 140 valence electrons. The molecule has 2 aliphatic rings. The summed E-state index contributed by atoms with van der Waals surface area (Å²) in [6.45, 7) is 4.09. The second kappa shape index (κ2) is 6.99. The first-order valence-electron chi connectivity index (χ1n) is 8.79. The number of fused-ring (bicyclic) bond motifs is 1. The number of carbonyl (C=O) groups excluding carboxylic acids is 1. The van der Waals surface area contributed by atoms with Crippen LogP contribution in [0, 0.1) is 0 Å². The van der Waals surface area contributed by atoms with E-state index in [1.54, 1.807) is 25.2 Å². The van der Waals surface area contributed by atoms with Gasteiger partial charge in [-0.05, 0) is 43.6 Å². The number of ketones is 1. The van der Waals surface area contributed by atoms with Gasteiger partial charge in [-0.15, -0.1) is 5.10 Å². The molecule has 2 N–H and O–H groups in total. The van der Waals surface area contributed by atoms with E-state index in [4.69, 9.17) is 10.5 Å². The topological polar surface area (TPSA) is 103 Å². The Bertz CT molecular complexity index is 1060. The zero-order valence-corrected chi connectivity index (χ0v) is 15.7. The van der Waals surface area contributed by atoms with Gasteiger partial charge in [-0.1, -0.05) is 17.4 Å². The number of rotatable bonds is 4. The minimum absolute atomic E-state index is 0.206. The highest BCUT2D eigenvalue weighted by Gasteiger charge is 2.20. The fourth-order valence-electron chi connectivity index (χ4n) is 3.09. The van der Waals surface area contributed by atoms with Crippen molar-refractivity contribution in [3.05, 3.63) is 45.5 Å². The summed E-state index contributed by atoms with van der Waals surface area (Å²) in [7, 11) is 0. The van der Waals surface area contributed by atoms with Crippen LogP contribution in [-0.4, -0.2) is 40.1 Å². The summed E-state index contributed by atoms with van der Waals surface area (Å²) in [6.07, 6.45) is 8.49. The van der Waals surface area contributed by atoms with Gasteiger partial charge in [-0.25, -0.2) is 0 Å². The first kappa shape index (κ1) is 17.5. The molecule has 0 atom stereocenters. The lowest BCUT2D eigenvalue weighted by molar-refractivity contribution is -0.114. The smallest absolute Gasteiger partial charge is 0.283 e. The summed E-state index contributed by atoms with van der Waals surface area (Å²) in [5.74, 6) is 0.266. The standard InChI is InChI=1S/C18H19N5O3S/c1-2-26-14-10-11(5-6-13(14)24)9-12-15(19)23-17(20-16(12)25)27-18(21-23)22-7-3-4-8-22/h5-6,9-10H,2-4,7-8,19H2,1H3/b11-9+. The normalized spacial score (nSPS) is 18.6. The average Bonchev–Trinajstić information content (AvgIpc) is 3.31. The van der Waals surface area contributed by atoms with Gasteiger partial charge in [-0.2, -0.15) is 9.50 Å². The number of nitrogen functional groups attached to an aromatic ring is 1. The zero-order valence-electron chi connectivity index (χ0n) is 14.8. The molecule has 0 saturated carbocycles. The predicted octanol–water partition coefficient (Wildman–Crippen LogP) is 1.78. The third-order valence-electron chi connectivity index (χ3n) is 4.44. The molecule has 0 amide bonds. The van der Waals surface area contributed by atoms with Crippen molar-refractivity contribution >= 4 is 39.1 Å².